The Labute approximate surface area is 191 Å². The van der Waals surface area contributed by atoms with Gasteiger partial charge in [0, 0.05) is 0 Å². The summed E-state index contributed by atoms with van der Waals surface area (Å²) in [7, 11) is 0.209. The van der Waals surface area contributed by atoms with E-state index in [-0.39, 0.29) is 23.3 Å². The van der Waals surface area contributed by atoms with Crippen LogP contribution in [-0.4, -0.2) is 26.7 Å². The molecule has 2 aromatic rings. The van der Waals surface area contributed by atoms with Crippen LogP contribution in [0.1, 0.15) is 35.1 Å². The molecule has 0 aliphatic rings. The Bertz CT molecular complexity index is 522. The fourth-order valence-electron chi connectivity index (χ4n) is 1.45. The Kier molecular flexibility index (Phi) is 30.3. The average molecular weight is 506 g/mol. The van der Waals surface area contributed by atoms with Gasteiger partial charge in [-0.3, -0.25) is 4.57 Å². The Balaban J connectivity index is -0.000000144. The number of hydrogen-bond acceptors (Lipinski definition) is 1. The Morgan fingerprint density at radius 2 is 0.786 bits per heavy atom. The first kappa shape index (κ1) is 35.8. The average Bonchev–Trinajstić information content (AvgIpc) is 2.65. The molecule has 0 aliphatic carbocycles. The van der Waals surface area contributed by atoms with E-state index in [0.717, 1.165) is 0 Å². The molecule has 7 heteroatoms. The van der Waals surface area contributed by atoms with Crippen LogP contribution in [0.25, 0.3) is 0 Å². The van der Waals surface area contributed by atoms with Crippen molar-refractivity contribution in [2.45, 2.75) is 35.1 Å². The van der Waals surface area contributed by atoms with Crippen LogP contribution in [0, 0.1) is 0 Å². The van der Waals surface area contributed by atoms with Crippen molar-refractivity contribution in [1.82, 2.24) is 0 Å². The van der Waals surface area contributed by atoms with Gasteiger partial charge in [-0.1, -0.05) is 112 Å². The molecule has 0 N–H and O–H groups in total. The fourth-order valence-corrected chi connectivity index (χ4v) is 2.99. The highest BCUT2D eigenvalue weighted by Crippen LogP contribution is 2.61. The van der Waals surface area contributed by atoms with E-state index in [1.807, 2.05) is 27.7 Å². The Hall–Kier alpha value is 0.400. The predicted octanol–water partition coefficient (Wildman–Crippen LogP) is 9.61. The zero-order chi connectivity index (χ0) is 21.9. The van der Waals surface area contributed by atoms with Crippen molar-refractivity contribution in [2.75, 3.05) is 26.7 Å². The molecular weight excluding hydrogens is 468 g/mol. The van der Waals surface area contributed by atoms with Crippen LogP contribution in [0.3, 0.4) is 0 Å². The van der Waals surface area contributed by atoms with Gasteiger partial charge in [0.2, 0.25) is 0 Å². The van der Waals surface area contributed by atoms with E-state index in [9.17, 15) is 4.57 Å². The van der Waals surface area contributed by atoms with Gasteiger partial charge < -0.3 is 0 Å². The summed E-state index contributed by atoms with van der Waals surface area (Å²) in [4.78, 5) is 0. The summed E-state index contributed by atoms with van der Waals surface area (Å²) < 4.78 is 9.51. The van der Waals surface area contributed by atoms with Crippen molar-refractivity contribution in [3.63, 3.8) is 0 Å². The van der Waals surface area contributed by atoms with E-state index in [1.165, 1.54) is 10.6 Å². The monoisotopic (exact) mass is 504 g/mol. The fraction of sp³-hybridized carbons (Fsp3) is 0.429. The topological polar surface area (TPSA) is 17.1 Å². The molecule has 0 amide bonds. The lowest BCUT2D eigenvalue weighted by molar-refractivity contribution is 0.600. The van der Waals surface area contributed by atoms with Gasteiger partial charge in [-0.2, -0.15) is 0 Å². The van der Waals surface area contributed by atoms with Crippen molar-refractivity contribution >= 4 is 65.4 Å². The molecule has 0 radical (unpaired) electrons. The van der Waals surface area contributed by atoms with E-state index in [2.05, 4.69) is 121 Å². The van der Waals surface area contributed by atoms with E-state index in [1.54, 1.807) is 0 Å². The second-order valence-corrected chi connectivity index (χ2v) is 16.1. The zero-order valence-electron chi connectivity index (χ0n) is 17.7. The van der Waals surface area contributed by atoms with E-state index in [4.69, 9.17) is 0 Å². The molecule has 0 bridgehead atoms. The lowest BCUT2D eigenvalue weighted by atomic mass is 10.4. The third-order valence-electron chi connectivity index (χ3n) is 2.55. The summed E-state index contributed by atoms with van der Waals surface area (Å²) in [6.45, 7) is 17.1. The highest BCUT2D eigenvalue weighted by atomic mass is 36.0. The molecule has 0 aliphatic heterocycles. The first-order chi connectivity index (χ1) is 12.6. The molecule has 0 unspecified atom stereocenters. The Morgan fingerprint density at radius 3 is 0.893 bits per heavy atom. The number of hydrogen-bond donors (Lipinski definition) is 0. The molecule has 0 spiro atoms. The van der Waals surface area contributed by atoms with Crippen molar-refractivity contribution in [1.29, 1.82) is 0 Å². The quantitative estimate of drug-likeness (QED) is 0.371. The van der Waals surface area contributed by atoms with Crippen LogP contribution >= 0.6 is 54.8 Å². The SMILES string of the molecule is C.CC.CC.CP(C)c1ccccc1.CP(C)c1ccccc1.O=P(Cl)(Cl)Cl. The van der Waals surface area contributed by atoms with E-state index < -0.39 is 5.20 Å². The molecule has 0 atom stereocenters. The standard InChI is InChI=1S/2C8H11P.2C2H6.CH4.Cl3OP/c2*1-9(2)8-6-4-3-5-7-8;2*1-2;;1-5(2,3)4/h2*3-7H,1-2H3;2*1-2H3;1H4;. The van der Waals surface area contributed by atoms with Crippen LogP contribution in [0.4, 0.5) is 0 Å². The molecule has 0 fully saturated rings. The van der Waals surface area contributed by atoms with Gasteiger partial charge in [0.1, 0.15) is 0 Å². The van der Waals surface area contributed by atoms with Crippen molar-refractivity contribution in [3.8, 4) is 0 Å². The van der Waals surface area contributed by atoms with E-state index in [0.29, 0.717) is 0 Å². The maximum Gasteiger partial charge on any atom is 0.339 e. The molecule has 0 saturated carbocycles. The maximum absolute atomic E-state index is 9.51. The molecule has 2 rings (SSSR count). The summed E-state index contributed by atoms with van der Waals surface area (Å²) in [5, 5.41) is -0.264. The first-order valence-electron chi connectivity index (χ1n) is 8.75. The molecule has 1 nitrogen and oxygen atoms in total. The highest BCUT2D eigenvalue weighted by molar-refractivity contribution is 8.24. The molecular formula is C21H38Cl3OP3. The lowest BCUT2D eigenvalue weighted by Crippen LogP contribution is -1.95. The molecule has 164 valence electrons. The highest BCUT2D eigenvalue weighted by Gasteiger charge is 2.03. The van der Waals surface area contributed by atoms with Gasteiger partial charge in [-0.05, 0) is 71.0 Å². The second kappa shape index (κ2) is 23.7. The predicted molar refractivity (Wildman–Crippen MR) is 144 cm³/mol. The van der Waals surface area contributed by atoms with Gasteiger partial charge in [-0.15, -0.1) is 0 Å². The maximum atomic E-state index is 9.51. The minimum atomic E-state index is -3.22. The molecule has 0 aromatic heterocycles. The van der Waals surface area contributed by atoms with Crippen LogP contribution in [-0.2, 0) is 4.57 Å². The van der Waals surface area contributed by atoms with Crippen molar-refractivity contribution < 1.29 is 4.57 Å². The van der Waals surface area contributed by atoms with Gasteiger partial charge in [0.25, 0.3) is 0 Å². The summed E-state index contributed by atoms with van der Waals surface area (Å²) in [5.74, 6) is 0. The molecule has 28 heavy (non-hydrogen) atoms. The number of rotatable bonds is 2. The third-order valence-corrected chi connectivity index (χ3v) is 5.21. The number of halogens is 3. The summed E-state index contributed by atoms with van der Waals surface area (Å²) in [6.07, 6.45) is 0. The van der Waals surface area contributed by atoms with Crippen LogP contribution in [0.2, 0.25) is 0 Å². The van der Waals surface area contributed by atoms with Gasteiger partial charge in [0.15, 0.2) is 0 Å². The van der Waals surface area contributed by atoms with E-state index >= 15 is 0 Å². The van der Waals surface area contributed by atoms with Crippen molar-refractivity contribution in [2.24, 2.45) is 0 Å². The minimum Gasteiger partial charge on any atom is -0.271 e. The summed E-state index contributed by atoms with van der Waals surface area (Å²) in [5.41, 5.74) is 0. The van der Waals surface area contributed by atoms with Gasteiger partial charge >= 0.3 is 5.20 Å². The minimum absolute atomic E-state index is 0. The smallest absolute Gasteiger partial charge is 0.271 e. The third kappa shape index (κ3) is 28.6. The summed E-state index contributed by atoms with van der Waals surface area (Å²) >= 11 is 13.8. The van der Waals surface area contributed by atoms with Crippen LogP contribution < -0.4 is 10.6 Å². The second-order valence-electron chi connectivity index (χ2n) is 4.86. The van der Waals surface area contributed by atoms with Crippen LogP contribution in [0.15, 0.2) is 60.7 Å². The molecule has 2 aromatic carbocycles. The normalized spacial score (nSPS) is 9.04. The molecule has 0 heterocycles. The van der Waals surface area contributed by atoms with Crippen LogP contribution in [0.5, 0.6) is 0 Å². The van der Waals surface area contributed by atoms with Gasteiger partial charge in [0.05, 0.1) is 0 Å². The number of benzene rings is 2. The van der Waals surface area contributed by atoms with Crippen molar-refractivity contribution in [3.05, 3.63) is 60.7 Å². The Morgan fingerprint density at radius 1 is 0.607 bits per heavy atom. The molecule has 0 saturated heterocycles. The summed E-state index contributed by atoms with van der Waals surface area (Å²) in [6, 6.07) is 21.2. The lowest BCUT2D eigenvalue weighted by Gasteiger charge is -2.02. The zero-order valence-corrected chi connectivity index (χ0v) is 22.6. The largest absolute Gasteiger partial charge is 0.339 e. The first-order valence-corrected chi connectivity index (χ1v) is 17.6. The van der Waals surface area contributed by atoms with Gasteiger partial charge in [-0.25, -0.2) is 0 Å².